The van der Waals surface area contributed by atoms with Crippen molar-refractivity contribution in [1.29, 1.82) is 0 Å². The van der Waals surface area contributed by atoms with Crippen molar-refractivity contribution in [2.45, 2.75) is 30.2 Å². The molecule has 1 fully saturated rings. The van der Waals surface area contributed by atoms with Crippen molar-refractivity contribution in [3.63, 3.8) is 0 Å². The summed E-state index contributed by atoms with van der Waals surface area (Å²) in [7, 11) is -2.04. The smallest absolute Gasteiger partial charge is 0.264 e. The zero-order valence-electron chi connectivity index (χ0n) is 14.6. The van der Waals surface area contributed by atoms with Crippen LogP contribution in [0.15, 0.2) is 41.3 Å². The van der Waals surface area contributed by atoms with Gasteiger partial charge in [0, 0.05) is 18.5 Å². The highest BCUT2D eigenvalue weighted by Crippen LogP contribution is 2.47. The standard InChI is InChI=1S/C19H20F2N2O2S/c1-12-3-4-18-16(7-12)17-11-22(2)6-5-19(17)23(18)26(24,25)15-9-13(20)8-14(21)10-15/h3-4,7-10,17,19H,5-6,11H2,1-2H3/t17-,19+/m0/s1. The molecule has 0 unspecified atom stereocenters. The molecule has 0 bridgehead atoms. The molecule has 2 heterocycles. The Labute approximate surface area is 152 Å². The summed E-state index contributed by atoms with van der Waals surface area (Å²) in [4.78, 5) is 1.84. The third-order valence-corrected chi connectivity index (χ3v) is 7.11. The Balaban J connectivity index is 1.87. The summed E-state index contributed by atoms with van der Waals surface area (Å²) < 4.78 is 55.3. The zero-order valence-corrected chi connectivity index (χ0v) is 15.4. The predicted octanol–water partition coefficient (Wildman–Crippen LogP) is 3.27. The molecule has 26 heavy (non-hydrogen) atoms. The molecule has 0 N–H and O–H groups in total. The van der Waals surface area contributed by atoms with E-state index in [0.717, 1.165) is 36.3 Å². The summed E-state index contributed by atoms with van der Waals surface area (Å²) in [5, 5.41) is 0. The van der Waals surface area contributed by atoms with Crippen LogP contribution in [0.4, 0.5) is 14.5 Å². The second-order valence-electron chi connectivity index (χ2n) is 7.19. The molecular weight excluding hydrogens is 358 g/mol. The van der Waals surface area contributed by atoms with Gasteiger partial charge in [0.05, 0.1) is 16.6 Å². The van der Waals surface area contributed by atoms with Crippen LogP contribution in [-0.4, -0.2) is 39.5 Å². The minimum atomic E-state index is -4.06. The van der Waals surface area contributed by atoms with Gasteiger partial charge in [0.25, 0.3) is 10.0 Å². The number of halogens is 2. The molecule has 1 saturated heterocycles. The largest absolute Gasteiger partial charge is 0.306 e. The second kappa shape index (κ2) is 6.03. The highest BCUT2D eigenvalue weighted by molar-refractivity contribution is 7.92. The van der Waals surface area contributed by atoms with Crippen molar-refractivity contribution >= 4 is 15.7 Å². The van der Waals surface area contributed by atoms with Gasteiger partial charge in [-0.1, -0.05) is 17.7 Å². The maximum absolute atomic E-state index is 13.6. The Bertz CT molecular complexity index is 957. The van der Waals surface area contributed by atoms with Gasteiger partial charge in [-0.25, -0.2) is 17.2 Å². The topological polar surface area (TPSA) is 40.6 Å². The molecule has 7 heteroatoms. The molecule has 0 spiro atoms. The van der Waals surface area contributed by atoms with Crippen LogP contribution in [-0.2, 0) is 10.0 Å². The van der Waals surface area contributed by atoms with Crippen LogP contribution >= 0.6 is 0 Å². The van der Waals surface area contributed by atoms with Crippen molar-refractivity contribution in [3.8, 4) is 0 Å². The number of nitrogens with zero attached hydrogens (tertiary/aromatic N) is 2. The van der Waals surface area contributed by atoms with Crippen LogP contribution in [0, 0.1) is 18.6 Å². The number of sulfonamides is 1. The van der Waals surface area contributed by atoms with E-state index < -0.39 is 21.7 Å². The number of hydrogen-bond donors (Lipinski definition) is 0. The molecule has 0 amide bonds. The Hall–Kier alpha value is -1.99. The molecule has 4 rings (SSSR count). The van der Waals surface area contributed by atoms with Gasteiger partial charge in [-0.3, -0.25) is 4.31 Å². The summed E-state index contributed by atoms with van der Waals surface area (Å²) in [6.45, 7) is 3.50. The van der Waals surface area contributed by atoms with Gasteiger partial charge in [-0.05, 0) is 50.7 Å². The number of rotatable bonds is 2. The van der Waals surface area contributed by atoms with Gasteiger partial charge in [0.15, 0.2) is 0 Å². The van der Waals surface area contributed by atoms with E-state index in [2.05, 4.69) is 4.90 Å². The van der Waals surface area contributed by atoms with Gasteiger partial charge in [-0.2, -0.15) is 0 Å². The van der Waals surface area contributed by atoms with Crippen molar-refractivity contribution < 1.29 is 17.2 Å². The first-order valence-corrected chi connectivity index (χ1v) is 10.0. The number of anilines is 1. The van der Waals surface area contributed by atoms with Crippen molar-refractivity contribution in [3.05, 3.63) is 59.2 Å². The fourth-order valence-electron chi connectivity index (χ4n) is 4.14. The highest BCUT2D eigenvalue weighted by atomic mass is 32.2. The first-order chi connectivity index (χ1) is 12.3. The summed E-state index contributed by atoms with van der Waals surface area (Å²) in [5.74, 6) is -1.74. The number of aryl methyl sites for hydroxylation is 1. The molecule has 2 atom stereocenters. The molecule has 2 aliphatic rings. The lowest BCUT2D eigenvalue weighted by Gasteiger charge is -2.36. The predicted molar refractivity (Wildman–Crippen MR) is 95.8 cm³/mol. The molecule has 2 aromatic rings. The average molecular weight is 378 g/mol. The van der Waals surface area contributed by atoms with E-state index >= 15 is 0 Å². The molecule has 0 saturated carbocycles. The fourth-order valence-corrected chi connectivity index (χ4v) is 5.92. The Kier molecular flexibility index (Phi) is 4.04. The van der Waals surface area contributed by atoms with Crippen LogP contribution in [0.3, 0.4) is 0 Å². The molecule has 0 aromatic heterocycles. The first kappa shape index (κ1) is 17.4. The van der Waals surface area contributed by atoms with E-state index in [4.69, 9.17) is 0 Å². The lowest BCUT2D eigenvalue weighted by molar-refractivity contribution is 0.237. The Morgan fingerprint density at radius 1 is 1.08 bits per heavy atom. The fraction of sp³-hybridized carbons (Fsp3) is 0.368. The van der Waals surface area contributed by atoms with Crippen molar-refractivity contribution in [2.24, 2.45) is 0 Å². The van der Waals surface area contributed by atoms with Crippen molar-refractivity contribution in [1.82, 2.24) is 4.90 Å². The average Bonchev–Trinajstić information content (AvgIpc) is 2.87. The van der Waals surface area contributed by atoms with E-state index in [0.29, 0.717) is 18.2 Å². The molecule has 0 radical (unpaired) electrons. The van der Waals surface area contributed by atoms with Crippen LogP contribution in [0.1, 0.15) is 23.5 Å². The molecule has 0 aliphatic carbocycles. The summed E-state index contributed by atoms with van der Waals surface area (Å²) in [5.41, 5.74) is 2.67. The number of likely N-dealkylation sites (N-methyl/N-ethyl adjacent to an activating group) is 1. The third-order valence-electron chi connectivity index (χ3n) is 5.29. The van der Waals surface area contributed by atoms with Gasteiger partial charge in [0.1, 0.15) is 11.6 Å². The molecule has 138 valence electrons. The quantitative estimate of drug-likeness (QED) is 0.805. The number of hydrogen-bond acceptors (Lipinski definition) is 3. The van der Waals surface area contributed by atoms with Gasteiger partial charge < -0.3 is 4.90 Å². The summed E-state index contributed by atoms with van der Waals surface area (Å²) in [6.07, 6.45) is 0.673. The van der Waals surface area contributed by atoms with E-state index in [-0.39, 0.29) is 16.9 Å². The number of benzene rings is 2. The Morgan fingerprint density at radius 3 is 2.46 bits per heavy atom. The minimum Gasteiger partial charge on any atom is -0.306 e. The minimum absolute atomic E-state index is 0.0526. The maximum atomic E-state index is 13.6. The van der Waals surface area contributed by atoms with Crippen molar-refractivity contribution in [2.75, 3.05) is 24.4 Å². The van der Waals surface area contributed by atoms with Gasteiger partial charge in [-0.15, -0.1) is 0 Å². The summed E-state index contributed by atoms with van der Waals surface area (Å²) >= 11 is 0. The molecule has 2 aliphatic heterocycles. The monoisotopic (exact) mass is 378 g/mol. The lowest BCUT2D eigenvalue weighted by Crippen LogP contribution is -2.47. The molecule has 2 aromatic carbocycles. The van der Waals surface area contributed by atoms with Gasteiger partial charge in [0.2, 0.25) is 0 Å². The highest BCUT2D eigenvalue weighted by Gasteiger charge is 2.46. The van der Waals surface area contributed by atoms with E-state index in [1.165, 1.54) is 4.31 Å². The van der Waals surface area contributed by atoms with Gasteiger partial charge >= 0.3 is 0 Å². The van der Waals surface area contributed by atoms with Crippen LogP contribution < -0.4 is 4.31 Å². The summed E-state index contributed by atoms with van der Waals surface area (Å²) in [6, 6.07) is 7.90. The number of likely N-dealkylation sites (tertiary alicyclic amines) is 1. The zero-order chi connectivity index (χ0) is 18.6. The number of piperidine rings is 1. The van der Waals surface area contributed by atoms with E-state index in [1.807, 2.05) is 26.1 Å². The lowest BCUT2D eigenvalue weighted by atomic mass is 9.89. The normalized spacial score (nSPS) is 23.0. The SMILES string of the molecule is Cc1ccc2c(c1)[C@@H]1CN(C)CC[C@H]1N2S(=O)(=O)c1cc(F)cc(F)c1. The first-order valence-electron chi connectivity index (χ1n) is 8.57. The van der Waals surface area contributed by atoms with Crippen LogP contribution in [0.25, 0.3) is 0 Å². The molecule has 4 nitrogen and oxygen atoms in total. The maximum Gasteiger partial charge on any atom is 0.264 e. The number of fused-ring (bicyclic) bond motifs is 3. The second-order valence-corrected chi connectivity index (χ2v) is 9.01. The third kappa shape index (κ3) is 2.70. The van der Waals surface area contributed by atoms with Crippen LogP contribution in [0.2, 0.25) is 0 Å². The van der Waals surface area contributed by atoms with E-state index in [9.17, 15) is 17.2 Å². The van der Waals surface area contributed by atoms with E-state index in [1.54, 1.807) is 6.07 Å². The Morgan fingerprint density at radius 2 is 1.77 bits per heavy atom. The molecular formula is C19H20F2N2O2S. The van der Waals surface area contributed by atoms with Crippen LogP contribution in [0.5, 0.6) is 0 Å².